The summed E-state index contributed by atoms with van der Waals surface area (Å²) in [5.41, 5.74) is 2.25. The zero-order valence-corrected chi connectivity index (χ0v) is 18.2. The van der Waals surface area contributed by atoms with E-state index in [2.05, 4.69) is 0 Å². The van der Waals surface area contributed by atoms with Gasteiger partial charge in [-0.25, -0.2) is 0 Å². The number of carbonyl (C=O) groups excluding carboxylic acids is 2. The van der Waals surface area contributed by atoms with Crippen molar-refractivity contribution in [2.24, 2.45) is 0 Å². The molecule has 6 nitrogen and oxygen atoms in total. The smallest absolute Gasteiger partial charge is 0.271 e. The Balaban J connectivity index is 1.92. The van der Waals surface area contributed by atoms with Gasteiger partial charge in [-0.2, -0.15) is 5.26 Å². The lowest BCUT2D eigenvalue weighted by atomic mass is 9.94. The number of hydrogen-bond donors (Lipinski definition) is 0. The van der Waals surface area contributed by atoms with E-state index in [-0.39, 0.29) is 11.1 Å². The van der Waals surface area contributed by atoms with E-state index in [9.17, 15) is 14.9 Å². The summed E-state index contributed by atoms with van der Waals surface area (Å²) < 4.78 is 11.6. The molecule has 0 saturated carbocycles. The van der Waals surface area contributed by atoms with Crippen LogP contribution in [0.1, 0.15) is 25.0 Å². The molecule has 0 fully saturated rings. The highest BCUT2D eigenvalue weighted by molar-refractivity contribution is 6.30. The normalized spacial score (nSPS) is 15.3. The van der Waals surface area contributed by atoms with Gasteiger partial charge < -0.3 is 9.47 Å². The maximum Gasteiger partial charge on any atom is 0.271 e. The van der Waals surface area contributed by atoms with E-state index < -0.39 is 11.8 Å². The minimum absolute atomic E-state index is 0.0405. The number of nitrogens with zero attached hydrogens (tertiary/aromatic N) is 2. The van der Waals surface area contributed by atoms with Crippen LogP contribution in [-0.4, -0.2) is 30.4 Å². The predicted octanol–water partition coefficient (Wildman–Crippen LogP) is 4.54. The molecule has 2 aromatic rings. The molecule has 0 unspecified atom stereocenters. The zero-order chi connectivity index (χ0) is 22.5. The third kappa shape index (κ3) is 4.79. The van der Waals surface area contributed by atoms with Crippen LogP contribution in [0.2, 0.25) is 5.02 Å². The zero-order valence-electron chi connectivity index (χ0n) is 17.4. The van der Waals surface area contributed by atoms with Crippen molar-refractivity contribution in [1.82, 2.24) is 4.90 Å². The van der Waals surface area contributed by atoms with Gasteiger partial charge in [-0.1, -0.05) is 29.8 Å². The number of carbonyl (C=O) groups is 2. The number of nitriles is 1. The van der Waals surface area contributed by atoms with Gasteiger partial charge in [0.2, 0.25) is 0 Å². The van der Waals surface area contributed by atoms with Crippen LogP contribution in [0.15, 0.2) is 59.2 Å². The number of imide groups is 1. The van der Waals surface area contributed by atoms with Gasteiger partial charge >= 0.3 is 0 Å². The minimum Gasteiger partial charge on any atom is -0.490 e. The second kappa shape index (κ2) is 9.50. The number of amides is 2. The second-order valence-electron chi connectivity index (χ2n) is 6.89. The van der Waals surface area contributed by atoms with Crippen LogP contribution in [-0.2, 0) is 16.2 Å². The SMILES string of the molecule is CCOc1cc(/C=C2/C(=O)N(C)C(=O)C(C#N)=C2C)ccc1OCc1ccc(Cl)cc1. The summed E-state index contributed by atoms with van der Waals surface area (Å²) in [4.78, 5) is 25.7. The number of rotatable bonds is 6. The fourth-order valence-electron chi connectivity index (χ4n) is 3.11. The van der Waals surface area contributed by atoms with Crippen molar-refractivity contribution in [2.45, 2.75) is 20.5 Å². The highest BCUT2D eigenvalue weighted by Crippen LogP contribution is 2.32. The lowest BCUT2D eigenvalue weighted by Crippen LogP contribution is -2.39. The predicted molar refractivity (Wildman–Crippen MR) is 117 cm³/mol. The van der Waals surface area contributed by atoms with Crippen molar-refractivity contribution in [3.63, 3.8) is 0 Å². The van der Waals surface area contributed by atoms with Crippen LogP contribution in [0.25, 0.3) is 6.08 Å². The molecule has 0 atom stereocenters. The van der Waals surface area contributed by atoms with Crippen molar-refractivity contribution < 1.29 is 19.1 Å². The van der Waals surface area contributed by atoms with E-state index in [1.54, 1.807) is 43.3 Å². The fourth-order valence-corrected chi connectivity index (χ4v) is 3.23. The Morgan fingerprint density at radius 3 is 2.42 bits per heavy atom. The van der Waals surface area contributed by atoms with Crippen molar-refractivity contribution in [2.75, 3.05) is 13.7 Å². The Hall–Kier alpha value is -3.56. The van der Waals surface area contributed by atoms with Crippen molar-refractivity contribution in [3.8, 4) is 17.6 Å². The van der Waals surface area contributed by atoms with Gasteiger partial charge in [0.05, 0.1) is 6.61 Å². The van der Waals surface area contributed by atoms with Crippen LogP contribution in [0.3, 0.4) is 0 Å². The largest absolute Gasteiger partial charge is 0.490 e. The maximum absolute atomic E-state index is 12.6. The molecule has 0 saturated heterocycles. The van der Waals surface area contributed by atoms with Gasteiger partial charge in [-0.3, -0.25) is 14.5 Å². The lowest BCUT2D eigenvalue weighted by molar-refractivity contribution is -0.138. The molecule has 1 aliphatic rings. The van der Waals surface area contributed by atoms with Gasteiger partial charge in [0.15, 0.2) is 11.5 Å². The summed E-state index contributed by atoms with van der Waals surface area (Å²) in [6.07, 6.45) is 1.64. The van der Waals surface area contributed by atoms with Crippen LogP contribution in [0.5, 0.6) is 11.5 Å². The van der Waals surface area contributed by atoms with Gasteiger partial charge in [-0.15, -0.1) is 0 Å². The van der Waals surface area contributed by atoms with E-state index in [4.69, 9.17) is 21.1 Å². The number of ether oxygens (including phenoxy) is 2. The molecular formula is C24H21ClN2O4. The molecule has 3 rings (SSSR count). The van der Waals surface area contributed by atoms with Gasteiger partial charge in [0.1, 0.15) is 18.2 Å². The molecule has 158 valence electrons. The van der Waals surface area contributed by atoms with E-state index in [0.717, 1.165) is 10.5 Å². The Morgan fingerprint density at radius 1 is 1.06 bits per heavy atom. The third-order valence-corrected chi connectivity index (χ3v) is 5.08. The van der Waals surface area contributed by atoms with Crippen molar-refractivity contribution in [1.29, 1.82) is 5.26 Å². The minimum atomic E-state index is -0.594. The van der Waals surface area contributed by atoms with Gasteiger partial charge in [0, 0.05) is 17.6 Å². The van der Waals surface area contributed by atoms with Crippen LogP contribution in [0.4, 0.5) is 0 Å². The monoisotopic (exact) mass is 436 g/mol. The molecule has 0 bridgehead atoms. The number of benzene rings is 2. The highest BCUT2D eigenvalue weighted by atomic mass is 35.5. The Kier molecular flexibility index (Phi) is 6.78. The lowest BCUT2D eigenvalue weighted by Gasteiger charge is -2.23. The summed E-state index contributed by atoms with van der Waals surface area (Å²) in [5, 5.41) is 9.96. The average Bonchev–Trinajstić information content (AvgIpc) is 2.76. The van der Waals surface area contributed by atoms with E-state index in [1.165, 1.54) is 7.05 Å². The molecule has 0 radical (unpaired) electrons. The molecule has 2 amide bonds. The van der Waals surface area contributed by atoms with Gasteiger partial charge in [0.25, 0.3) is 11.8 Å². The molecule has 7 heteroatoms. The van der Waals surface area contributed by atoms with E-state index >= 15 is 0 Å². The molecular weight excluding hydrogens is 416 g/mol. The molecule has 1 heterocycles. The Bertz CT molecular complexity index is 1130. The summed E-state index contributed by atoms with van der Waals surface area (Å²) in [6, 6.07) is 14.6. The fraction of sp³-hybridized carbons (Fsp3) is 0.208. The number of likely N-dealkylation sites (N-methyl/N-ethyl adjacent to an activating group) is 1. The second-order valence-corrected chi connectivity index (χ2v) is 7.33. The molecule has 0 aliphatic carbocycles. The van der Waals surface area contributed by atoms with Crippen LogP contribution in [0, 0.1) is 11.3 Å². The topological polar surface area (TPSA) is 79.6 Å². The maximum atomic E-state index is 12.6. The quantitative estimate of drug-likeness (QED) is 0.490. The Morgan fingerprint density at radius 2 is 1.77 bits per heavy atom. The molecule has 0 N–H and O–H groups in total. The third-order valence-electron chi connectivity index (χ3n) is 4.83. The average molecular weight is 437 g/mol. The molecule has 31 heavy (non-hydrogen) atoms. The van der Waals surface area contributed by atoms with E-state index in [0.29, 0.717) is 40.9 Å². The van der Waals surface area contributed by atoms with Crippen molar-refractivity contribution >= 4 is 29.5 Å². The standard InChI is InChI=1S/C24H21ClN2O4/c1-4-30-22-12-17(7-10-21(22)31-14-16-5-8-18(25)9-6-16)11-19-15(2)20(13-26)24(29)27(3)23(19)28/h5-12H,4,14H2,1-3H3/b19-11+. The molecule has 0 spiro atoms. The molecule has 2 aromatic carbocycles. The summed E-state index contributed by atoms with van der Waals surface area (Å²) in [7, 11) is 1.36. The van der Waals surface area contributed by atoms with Crippen molar-refractivity contribution in [3.05, 3.63) is 75.3 Å². The summed E-state index contributed by atoms with van der Waals surface area (Å²) in [5.74, 6) is 0.0393. The first kappa shape index (κ1) is 22.1. The number of hydrogen-bond acceptors (Lipinski definition) is 5. The van der Waals surface area contributed by atoms with Crippen LogP contribution < -0.4 is 9.47 Å². The van der Waals surface area contributed by atoms with Crippen LogP contribution >= 0.6 is 11.6 Å². The molecule has 1 aliphatic heterocycles. The number of halogens is 1. The first-order chi connectivity index (χ1) is 14.8. The summed E-state index contributed by atoms with van der Waals surface area (Å²) in [6.45, 7) is 4.24. The Labute approximate surface area is 185 Å². The highest BCUT2D eigenvalue weighted by Gasteiger charge is 2.32. The first-order valence-electron chi connectivity index (χ1n) is 9.65. The summed E-state index contributed by atoms with van der Waals surface area (Å²) >= 11 is 5.92. The first-order valence-corrected chi connectivity index (χ1v) is 10.0. The molecule has 0 aromatic heterocycles. The van der Waals surface area contributed by atoms with Gasteiger partial charge in [-0.05, 0) is 60.9 Å². The van der Waals surface area contributed by atoms with E-state index in [1.807, 2.05) is 25.1 Å².